The molecule has 1 aromatic heterocycles. The maximum Gasteiger partial charge on any atom is 0.148 e. The molecule has 0 spiro atoms. The minimum absolute atomic E-state index is 0.901. The molecule has 18 heavy (non-hydrogen) atoms. The first-order chi connectivity index (χ1) is 8.83. The zero-order valence-corrected chi connectivity index (χ0v) is 11.9. The Kier molecular flexibility index (Phi) is 8.19. The third-order valence-electron chi connectivity index (χ3n) is 3.13. The first-order valence-corrected chi connectivity index (χ1v) is 7.36. The molecule has 3 heteroatoms. The van der Waals surface area contributed by atoms with Gasteiger partial charge in [-0.1, -0.05) is 51.9 Å². The van der Waals surface area contributed by atoms with Gasteiger partial charge in [-0.15, -0.1) is 5.10 Å². The van der Waals surface area contributed by atoms with Crippen LogP contribution in [0.1, 0.15) is 63.9 Å². The Balaban J connectivity index is 1.92. The van der Waals surface area contributed by atoms with Crippen LogP contribution in [0.4, 0.5) is 5.82 Å². The maximum atomic E-state index is 4.05. The van der Waals surface area contributed by atoms with Crippen LogP contribution in [0.25, 0.3) is 0 Å². The molecule has 1 N–H and O–H groups in total. The van der Waals surface area contributed by atoms with E-state index in [1.54, 1.807) is 6.20 Å². The van der Waals surface area contributed by atoms with Crippen LogP contribution >= 0.6 is 0 Å². The molecule has 0 aromatic carbocycles. The Hall–Kier alpha value is -1.12. The van der Waals surface area contributed by atoms with E-state index in [0.29, 0.717) is 0 Å². The topological polar surface area (TPSA) is 37.8 Å². The molecule has 0 saturated heterocycles. The fourth-order valence-corrected chi connectivity index (χ4v) is 2.03. The summed E-state index contributed by atoms with van der Waals surface area (Å²) in [6, 6.07) is 2.04. The number of aryl methyl sites for hydroxylation is 1. The van der Waals surface area contributed by atoms with Gasteiger partial charge in [0.05, 0.1) is 6.20 Å². The molecular formula is C15H27N3. The van der Waals surface area contributed by atoms with Crippen molar-refractivity contribution in [1.29, 1.82) is 0 Å². The van der Waals surface area contributed by atoms with Crippen molar-refractivity contribution < 1.29 is 0 Å². The Morgan fingerprint density at radius 1 is 1.00 bits per heavy atom. The van der Waals surface area contributed by atoms with Crippen LogP contribution < -0.4 is 5.32 Å². The molecule has 0 saturated carbocycles. The predicted octanol–water partition coefficient (Wildman–Crippen LogP) is 4.34. The van der Waals surface area contributed by atoms with E-state index >= 15 is 0 Å². The summed E-state index contributed by atoms with van der Waals surface area (Å²) in [6.07, 6.45) is 12.6. The lowest BCUT2D eigenvalue weighted by Gasteiger charge is -2.05. The van der Waals surface area contributed by atoms with Crippen molar-refractivity contribution in [2.24, 2.45) is 0 Å². The summed E-state index contributed by atoms with van der Waals surface area (Å²) in [5.74, 6) is 0.901. The molecular weight excluding hydrogens is 222 g/mol. The van der Waals surface area contributed by atoms with Gasteiger partial charge in [0.25, 0.3) is 0 Å². The van der Waals surface area contributed by atoms with Crippen molar-refractivity contribution in [2.45, 2.75) is 65.2 Å². The minimum Gasteiger partial charge on any atom is -0.369 e. The van der Waals surface area contributed by atoms with Gasteiger partial charge in [-0.3, -0.25) is 0 Å². The molecule has 102 valence electrons. The minimum atomic E-state index is 0.901. The molecule has 0 unspecified atom stereocenters. The van der Waals surface area contributed by atoms with Crippen molar-refractivity contribution in [2.75, 3.05) is 11.9 Å². The third-order valence-corrected chi connectivity index (χ3v) is 3.13. The second kappa shape index (κ2) is 9.86. The van der Waals surface area contributed by atoms with Gasteiger partial charge >= 0.3 is 0 Å². The van der Waals surface area contributed by atoms with Crippen LogP contribution in [0.3, 0.4) is 0 Å². The SMILES string of the molecule is CCCCCCCCCCNc1cc(C)cnn1. The Labute approximate surface area is 111 Å². The van der Waals surface area contributed by atoms with Crippen LogP contribution in [0.15, 0.2) is 12.3 Å². The fraction of sp³-hybridized carbons (Fsp3) is 0.733. The highest BCUT2D eigenvalue weighted by Gasteiger charge is 1.95. The maximum absolute atomic E-state index is 4.05. The highest BCUT2D eigenvalue weighted by atomic mass is 15.2. The van der Waals surface area contributed by atoms with E-state index in [4.69, 9.17) is 0 Å². The van der Waals surface area contributed by atoms with E-state index in [-0.39, 0.29) is 0 Å². The lowest BCUT2D eigenvalue weighted by atomic mass is 10.1. The van der Waals surface area contributed by atoms with Gasteiger partial charge in [-0.05, 0) is 25.0 Å². The van der Waals surface area contributed by atoms with Crippen LogP contribution in [-0.4, -0.2) is 16.7 Å². The molecule has 0 amide bonds. The van der Waals surface area contributed by atoms with Crippen LogP contribution in [0.5, 0.6) is 0 Å². The molecule has 1 rings (SSSR count). The fourth-order valence-electron chi connectivity index (χ4n) is 2.03. The molecule has 1 aromatic rings. The van der Waals surface area contributed by atoms with E-state index in [0.717, 1.165) is 17.9 Å². The first kappa shape index (κ1) is 14.9. The van der Waals surface area contributed by atoms with Gasteiger partial charge < -0.3 is 5.32 Å². The largest absolute Gasteiger partial charge is 0.369 e. The number of hydrogen-bond acceptors (Lipinski definition) is 3. The van der Waals surface area contributed by atoms with Crippen molar-refractivity contribution >= 4 is 5.82 Å². The van der Waals surface area contributed by atoms with E-state index in [1.165, 1.54) is 51.4 Å². The molecule has 0 aliphatic rings. The van der Waals surface area contributed by atoms with Gasteiger partial charge in [-0.25, -0.2) is 0 Å². The monoisotopic (exact) mass is 249 g/mol. The highest BCUT2D eigenvalue weighted by molar-refractivity contribution is 5.34. The Morgan fingerprint density at radius 3 is 2.33 bits per heavy atom. The summed E-state index contributed by atoms with van der Waals surface area (Å²) >= 11 is 0. The number of unbranched alkanes of at least 4 members (excludes halogenated alkanes) is 7. The molecule has 0 aliphatic heterocycles. The van der Waals surface area contributed by atoms with E-state index in [9.17, 15) is 0 Å². The number of aromatic nitrogens is 2. The zero-order valence-electron chi connectivity index (χ0n) is 11.9. The van der Waals surface area contributed by atoms with E-state index < -0.39 is 0 Å². The third kappa shape index (κ3) is 7.25. The number of rotatable bonds is 10. The van der Waals surface area contributed by atoms with Gasteiger partial charge in [0, 0.05) is 6.54 Å². The number of hydrogen-bond donors (Lipinski definition) is 1. The molecule has 3 nitrogen and oxygen atoms in total. The van der Waals surface area contributed by atoms with Crippen LogP contribution in [0.2, 0.25) is 0 Å². The smallest absolute Gasteiger partial charge is 0.148 e. The Bertz CT molecular complexity index is 312. The first-order valence-electron chi connectivity index (χ1n) is 7.36. The number of nitrogens with zero attached hydrogens (tertiary/aromatic N) is 2. The molecule has 0 aliphatic carbocycles. The standard InChI is InChI=1S/C15H27N3/c1-3-4-5-6-7-8-9-10-11-16-15-12-14(2)13-17-18-15/h12-13H,3-11H2,1-2H3,(H,16,18). The average molecular weight is 249 g/mol. The second-order valence-corrected chi connectivity index (χ2v) is 5.02. The van der Waals surface area contributed by atoms with Crippen molar-refractivity contribution in [3.63, 3.8) is 0 Å². The van der Waals surface area contributed by atoms with Crippen LogP contribution in [-0.2, 0) is 0 Å². The summed E-state index contributed by atoms with van der Waals surface area (Å²) in [7, 11) is 0. The predicted molar refractivity (Wildman–Crippen MR) is 77.9 cm³/mol. The van der Waals surface area contributed by atoms with E-state index in [2.05, 4.69) is 22.4 Å². The zero-order chi connectivity index (χ0) is 13.1. The van der Waals surface area contributed by atoms with Crippen LogP contribution in [0, 0.1) is 6.92 Å². The molecule has 1 heterocycles. The number of anilines is 1. The van der Waals surface area contributed by atoms with Gasteiger partial charge in [0.1, 0.15) is 5.82 Å². The number of nitrogens with one attached hydrogen (secondary N) is 1. The molecule has 0 radical (unpaired) electrons. The lowest BCUT2D eigenvalue weighted by Crippen LogP contribution is -2.04. The summed E-state index contributed by atoms with van der Waals surface area (Å²) < 4.78 is 0. The highest BCUT2D eigenvalue weighted by Crippen LogP contribution is 2.09. The Morgan fingerprint density at radius 2 is 1.67 bits per heavy atom. The summed E-state index contributed by atoms with van der Waals surface area (Å²) in [6.45, 7) is 5.31. The normalized spacial score (nSPS) is 10.6. The molecule has 0 bridgehead atoms. The summed E-state index contributed by atoms with van der Waals surface area (Å²) in [5, 5.41) is 11.3. The van der Waals surface area contributed by atoms with Crippen molar-refractivity contribution in [1.82, 2.24) is 10.2 Å². The van der Waals surface area contributed by atoms with Gasteiger partial charge in [0.2, 0.25) is 0 Å². The average Bonchev–Trinajstić information content (AvgIpc) is 2.37. The van der Waals surface area contributed by atoms with E-state index in [1.807, 2.05) is 13.0 Å². The van der Waals surface area contributed by atoms with Crippen molar-refractivity contribution in [3.8, 4) is 0 Å². The lowest BCUT2D eigenvalue weighted by molar-refractivity contribution is 0.581. The summed E-state index contributed by atoms with van der Waals surface area (Å²) in [5.41, 5.74) is 1.16. The van der Waals surface area contributed by atoms with Gasteiger partial charge in [-0.2, -0.15) is 5.10 Å². The van der Waals surface area contributed by atoms with Crippen molar-refractivity contribution in [3.05, 3.63) is 17.8 Å². The van der Waals surface area contributed by atoms with Gasteiger partial charge in [0.15, 0.2) is 0 Å². The molecule has 0 fully saturated rings. The quantitative estimate of drug-likeness (QED) is 0.627. The molecule has 0 atom stereocenters. The second-order valence-electron chi connectivity index (χ2n) is 5.02. The summed E-state index contributed by atoms with van der Waals surface area (Å²) in [4.78, 5) is 0.